The number of carboxylic acid groups (broad SMARTS) is 1. The Morgan fingerprint density at radius 3 is 2.36 bits per heavy atom. The van der Waals surface area contributed by atoms with Gasteiger partial charge in [0.05, 0.1) is 5.60 Å². The van der Waals surface area contributed by atoms with E-state index in [1.807, 2.05) is 0 Å². The number of hydrogen-bond donors (Lipinski definition) is 2. The van der Waals surface area contributed by atoms with Crippen molar-refractivity contribution in [1.82, 2.24) is 10.3 Å². The van der Waals surface area contributed by atoms with Crippen LogP contribution in [0.15, 0.2) is 18.2 Å². The van der Waals surface area contributed by atoms with Gasteiger partial charge in [-0.25, -0.2) is 14.2 Å². The molecule has 194 valence electrons. The second kappa shape index (κ2) is 9.75. The average molecular weight is 517 g/mol. The first-order valence-electron chi connectivity index (χ1n) is 12.5. The second-order valence-electron chi connectivity index (χ2n) is 11.3. The highest BCUT2D eigenvalue weighted by Crippen LogP contribution is 2.56. The molecule has 6 nitrogen and oxygen atoms in total. The van der Waals surface area contributed by atoms with Crippen LogP contribution in [0.2, 0.25) is 5.02 Å². The number of benzene rings is 1. The molecular weight excluding hydrogens is 483 g/mol. The van der Waals surface area contributed by atoms with Gasteiger partial charge in [0.25, 0.3) is 5.91 Å². The Hall–Kier alpha value is -2.51. The Balaban J connectivity index is 1.80. The minimum Gasteiger partial charge on any atom is -0.479 e. The van der Waals surface area contributed by atoms with Gasteiger partial charge in [-0.2, -0.15) is 0 Å². The molecule has 2 aliphatic carbocycles. The Labute approximate surface area is 216 Å². The molecule has 0 unspecified atom stereocenters. The van der Waals surface area contributed by atoms with Crippen molar-refractivity contribution >= 4 is 23.5 Å². The maximum Gasteiger partial charge on any atom is 0.337 e. The molecule has 4 rings (SSSR count). The van der Waals surface area contributed by atoms with Gasteiger partial charge < -0.3 is 15.2 Å². The van der Waals surface area contributed by atoms with Crippen LogP contribution < -0.4 is 5.32 Å². The van der Waals surface area contributed by atoms with E-state index in [4.69, 9.17) is 16.3 Å². The standard InChI is InChI=1S/C28H34ClFN2O4/c1-15-21(19-7-6-17(29)14-20(19)30)22(24(26(34)35)36-27(3,4)5)16(2)31-23(15)25(33)32-18-8-10-28(11-9-18)12-13-28/h6-7,14,18,24H,8-13H2,1-5H3,(H,32,33)(H,34,35)/t24-/m0/s1. The zero-order valence-corrected chi connectivity index (χ0v) is 22.3. The topological polar surface area (TPSA) is 88.5 Å². The summed E-state index contributed by atoms with van der Waals surface area (Å²) in [5.74, 6) is -2.18. The van der Waals surface area contributed by atoms with Gasteiger partial charge in [-0.1, -0.05) is 11.6 Å². The van der Waals surface area contributed by atoms with Crippen molar-refractivity contribution in [3.05, 3.63) is 51.6 Å². The Morgan fingerprint density at radius 2 is 1.83 bits per heavy atom. The first-order valence-corrected chi connectivity index (χ1v) is 12.9. The van der Waals surface area contributed by atoms with E-state index in [-0.39, 0.29) is 33.8 Å². The first-order chi connectivity index (χ1) is 16.8. The maximum absolute atomic E-state index is 15.2. The minimum atomic E-state index is -1.41. The van der Waals surface area contributed by atoms with Gasteiger partial charge >= 0.3 is 5.97 Å². The number of ether oxygens (including phenoxy) is 1. The normalized spacial score (nSPS) is 18.2. The monoisotopic (exact) mass is 516 g/mol. The molecule has 2 aliphatic rings. The van der Waals surface area contributed by atoms with Crippen LogP contribution in [0.1, 0.15) is 92.7 Å². The largest absolute Gasteiger partial charge is 0.479 e. The lowest BCUT2D eigenvalue weighted by Gasteiger charge is -2.30. The molecule has 1 aromatic heterocycles. The Kier molecular flexibility index (Phi) is 7.19. The fourth-order valence-electron chi connectivity index (χ4n) is 5.29. The van der Waals surface area contributed by atoms with Crippen molar-refractivity contribution in [3.63, 3.8) is 0 Å². The van der Waals surface area contributed by atoms with E-state index in [9.17, 15) is 14.7 Å². The molecular formula is C28H34ClFN2O4. The van der Waals surface area contributed by atoms with Crippen LogP contribution in [0, 0.1) is 25.1 Å². The van der Waals surface area contributed by atoms with Gasteiger partial charge in [0.1, 0.15) is 11.5 Å². The summed E-state index contributed by atoms with van der Waals surface area (Å²) >= 11 is 5.99. The number of hydrogen-bond acceptors (Lipinski definition) is 4. The van der Waals surface area contributed by atoms with E-state index in [0.29, 0.717) is 22.2 Å². The number of pyridine rings is 1. The van der Waals surface area contributed by atoms with E-state index in [1.54, 1.807) is 34.6 Å². The molecule has 36 heavy (non-hydrogen) atoms. The summed E-state index contributed by atoms with van der Waals surface area (Å²) in [6, 6.07) is 4.27. The third kappa shape index (κ3) is 5.57. The van der Waals surface area contributed by atoms with E-state index in [0.717, 1.165) is 25.7 Å². The highest BCUT2D eigenvalue weighted by molar-refractivity contribution is 6.30. The molecule has 1 atom stereocenters. The molecule has 0 aliphatic heterocycles. The highest BCUT2D eigenvalue weighted by atomic mass is 35.5. The van der Waals surface area contributed by atoms with E-state index >= 15 is 4.39 Å². The van der Waals surface area contributed by atoms with Gasteiger partial charge in [0.2, 0.25) is 0 Å². The summed E-state index contributed by atoms with van der Waals surface area (Å²) in [6.07, 6.45) is 5.26. The van der Waals surface area contributed by atoms with Crippen molar-refractivity contribution in [1.29, 1.82) is 0 Å². The van der Waals surface area contributed by atoms with Gasteiger partial charge in [0.15, 0.2) is 6.10 Å². The Bertz CT molecular complexity index is 1190. The number of carbonyl (C=O) groups excluding carboxylic acids is 1. The molecule has 1 heterocycles. The van der Waals surface area contributed by atoms with Crippen molar-refractivity contribution < 1.29 is 23.8 Å². The molecule has 0 radical (unpaired) electrons. The van der Waals surface area contributed by atoms with Crippen LogP contribution in [0.5, 0.6) is 0 Å². The maximum atomic E-state index is 15.2. The van der Waals surface area contributed by atoms with Gasteiger partial charge in [0, 0.05) is 27.9 Å². The summed E-state index contributed by atoms with van der Waals surface area (Å²) < 4.78 is 21.1. The number of amides is 1. The van der Waals surface area contributed by atoms with Crippen molar-refractivity contribution in [2.45, 2.75) is 90.9 Å². The number of halogens is 2. The molecule has 2 aromatic rings. The number of nitrogens with one attached hydrogen (secondary N) is 1. The number of rotatable bonds is 6. The predicted molar refractivity (Wildman–Crippen MR) is 137 cm³/mol. The zero-order valence-electron chi connectivity index (χ0n) is 21.5. The fourth-order valence-corrected chi connectivity index (χ4v) is 5.44. The van der Waals surface area contributed by atoms with Gasteiger partial charge in [-0.05, 0) is 108 Å². The SMILES string of the molecule is Cc1nc(C(=O)NC2CCC3(CC2)CC3)c(C)c(-c2ccc(Cl)cc2F)c1[C@H](OC(C)(C)C)C(=O)O. The van der Waals surface area contributed by atoms with Crippen LogP contribution in [0.25, 0.3) is 11.1 Å². The van der Waals surface area contributed by atoms with E-state index in [2.05, 4.69) is 10.3 Å². The number of carbonyl (C=O) groups is 2. The number of aliphatic carboxylic acids is 1. The predicted octanol–water partition coefficient (Wildman–Crippen LogP) is 6.55. The Morgan fingerprint density at radius 1 is 1.19 bits per heavy atom. The lowest BCUT2D eigenvalue weighted by Crippen LogP contribution is -2.39. The fraction of sp³-hybridized carbons (Fsp3) is 0.536. The number of nitrogens with zero attached hydrogens (tertiary/aromatic N) is 1. The second-order valence-corrected chi connectivity index (χ2v) is 11.7. The molecule has 0 bridgehead atoms. The van der Waals surface area contributed by atoms with E-state index in [1.165, 1.54) is 31.0 Å². The quantitative estimate of drug-likeness (QED) is 0.454. The first kappa shape index (κ1) is 26.6. The molecule has 2 N–H and O–H groups in total. The van der Waals surface area contributed by atoms with Crippen LogP contribution in [0.4, 0.5) is 4.39 Å². The lowest BCUT2D eigenvalue weighted by atomic mass is 9.83. The summed E-state index contributed by atoms with van der Waals surface area (Å²) in [5, 5.41) is 13.4. The van der Waals surface area contributed by atoms with Crippen LogP contribution in [-0.2, 0) is 9.53 Å². The molecule has 2 fully saturated rings. The smallest absolute Gasteiger partial charge is 0.337 e. The number of aryl methyl sites for hydroxylation is 1. The number of carboxylic acids is 1. The molecule has 2 saturated carbocycles. The summed E-state index contributed by atoms with van der Waals surface area (Å²) in [4.78, 5) is 30.3. The third-order valence-corrected chi connectivity index (χ3v) is 7.62. The highest BCUT2D eigenvalue weighted by Gasteiger charge is 2.45. The van der Waals surface area contributed by atoms with Crippen molar-refractivity contribution in [3.8, 4) is 11.1 Å². The summed E-state index contributed by atoms with van der Waals surface area (Å²) in [7, 11) is 0. The molecule has 0 saturated heterocycles. The van der Waals surface area contributed by atoms with Gasteiger partial charge in [-0.15, -0.1) is 0 Å². The summed E-state index contributed by atoms with van der Waals surface area (Å²) in [5.41, 5.74) is 1.22. The molecule has 1 amide bonds. The minimum absolute atomic E-state index is 0.0663. The zero-order chi connectivity index (χ0) is 26.4. The van der Waals surface area contributed by atoms with Crippen LogP contribution in [0.3, 0.4) is 0 Å². The van der Waals surface area contributed by atoms with Crippen LogP contribution in [-0.4, -0.2) is 33.6 Å². The van der Waals surface area contributed by atoms with E-state index < -0.39 is 23.5 Å². The van der Waals surface area contributed by atoms with Crippen LogP contribution >= 0.6 is 11.6 Å². The van der Waals surface area contributed by atoms with Crippen molar-refractivity contribution in [2.75, 3.05) is 0 Å². The number of aromatic nitrogens is 1. The molecule has 1 aromatic carbocycles. The van der Waals surface area contributed by atoms with Crippen molar-refractivity contribution in [2.24, 2.45) is 5.41 Å². The third-order valence-electron chi connectivity index (χ3n) is 7.38. The molecule has 1 spiro atoms. The molecule has 8 heteroatoms. The lowest BCUT2D eigenvalue weighted by molar-refractivity contribution is -0.160. The summed E-state index contributed by atoms with van der Waals surface area (Å²) in [6.45, 7) is 8.54. The van der Waals surface area contributed by atoms with Gasteiger partial charge in [-0.3, -0.25) is 4.79 Å². The average Bonchev–Trinajstić information content (AvgIpc) is 3.54.